The smallest absolute Gasteiger partial charge is 0.0457 e. The first-order chi connectivity index (χ1) is 8.75. The summed E-state index contributed by atoms with van der Waals surface area (Å²) in [7, 11) is 0. The second kappa shape index (κ2) is 4.34. The van der Waals surface area contributed by atoms with Gasteiger partial charge in [-0.15, -0.1) is 0 Å². The Hall–Kier alpha value is -2.02. The number of hydrogen-bond acceptors (Lipinski definition) is 0. The van der Waals surface area contributed by atoms with Crippen LogP contribution in [0.5, 0.6) is 0 Å². The van der Waals surface area contributed by atoms with E-state index >= 15 is 0 Å². The fraction of sp³-hybridized carbons (Fsp3) is 0.176. The summed E-state index contributed by atoms with van der Waals surface area (Å²) in [6.45, 7) is 4.39. The first-order valence-electron chi connectivity index (χ1n) is 6.38. The number of benzene rings is 2. The number of aromatic nitrogens is 1. The predicted octanol–water partition coefficient (Wildman–Crippen LogP) is 4.63. The van der Waals surface area contributed by atoms with Crippen LogP contribution in [-0.4, -0.2) is 4.98 Å². The van der Waals surface area contributed by atoms with Crippen LogP contribution in [0.25, 0.3) is 10.9 Å². The van der Waals surface area contributed by atoms with E-state index in [0.717, 1.165) is 0 Å². The largest absolute Gasteiger partial charge is 0.361 e. The maximum Gasteiger partial charge on any atom is 0.0457 e. The lowest BCUT2D eigenvalue weighted by Gasteiger charge is -2.11. The van der Waals surface area contributed by atoms with E-state index in [2.05, 4.69) is 73.6 Å². The zero-order valence-corrected chi connectivity index (χ0v) is 10.8. The van der Waals surface area contributed by atoms with E-state index in [4.69, 9.17) is 0 Å². The van der Waals surface area contributed by atoms with Gasteiger partial charge in [0, 0.05) is 23.0 Å². The zero-order valence-electron chi connectivity index (χ0n) is 10.8. The van der Waals surface area contributed by atoms with E-state index < -0.39 is 0 Å². The maximum absolute atomic E-state index is 3.35. The summed E-state index contributed by atoms with van der Waals surface area (Å²) in [4.78, 5) is 3.35. The van der Waals surface area contributed by atoms with E-state index in [1.807, 2.05) is 0 Å². The number of H-pyrrole nitrogens is 1. The van der Waals surface area contributed by atoms with Crippen molar-refractivity contribution < 1.29 is 0 Å². The van der Waals surface area contributed by atoms with Crippen LogP contribution in [0.2, 0.25) is 0 Å². The van der Waals surface area contributed by atoms with Crippen LogP contribution in [0, 0.1) is 6.92 Å². The van der Waals surface area contributed by atoms with Crippen molar-refractivity contribution in [1.82, 2.24) is 4.98 Å². The lowest BCUT2D eigenvalue weighted by molar-refractivity contribution is 0.931. The van der Waals surface area contributed by atoms with Gasteiger partial charge in [-0.2, -0.15) is 0 Å². The number of hydrogen-bond donors (Lipinski definition) is 1. The Morgan fingerprint density at radius 3 is 2.44 bits per heavy atom. The summed E-state index contributed by atoms with van der Waals surface area (Å²) in [6, 6.07) is 17.3. The number of para-hydroxylation sites is 1. The molecule has 0 aliphatic rings. The van der Waals surface area contributed by atoms with Crippen molar-refractivity contribution >= 4 is 10.9 Å². The first kappa shape index (κ1) is 11.1. The lowest BCUT2D eigenvalue weighted by atomic mass is 9.92. The van der Waals surface area contributed by atoms with Crippen LogP contribution < -0.4 is 0 Å². The highest BCUT2D eigenvalue weighted by molar-refractivity contribution is 5.84. The summed E-state index contributed by atoms with van der Waals surface area (Å²) >= 11 is 0. The fourth-order valence-electron chi connectivity index (χ4n) is 2.49. The second-order valence-electron chi connectivity index (χ2n) is 4.92. The second-order valence-corrected chi connectivity index (χ2v) is 4.92. The molecular weight excluding hydrogens is 218 g/mol. The van der Waals surface area contributed by atoms with Crippen molar-refractivity contribution in [2.24, 2.45) is 0 Å². The number of aromatic amines is 1. The molecule has 3 aromatic rings. The van der Waals surface area contributed by atoms with Gasteiger partial charge in [-0.25, -0.2) is 0 Å². The molecule has 0 aliphatic heterocycles. The maximum atomic E-state index is 3.35. The topological polar surface area (TPSA) is 15.8 Å². The monoisotopic (exact) mass is 235 g/mol. The highest BCUT2D eigenvalue weighted by Gasteiger charge is 2.12. The van der Waals surface area contributed by atoms with Gasteiger partial charge in [0.25, 0.3) is 0 Å². The molecule has 0 spiro atoms. The van der Waals surface area contributed by atoms with Crippen molar-refractivity contribution in [2.75, 3.05) is 0 Å². The first-order valence-corrected chi connectivity index (χ1v) is 6.38. The summed E-state index contributed by atoms with van der Waals surface area (Å²) in [5.74, 6) is 0.418. The molecule has 1 atom stereocenters. The standard InChI is InChI=1S/C17H17N/c1-12-7-9-14(10-8-12)13(2)16-11-18-17-6-4-3-5-15(16)17/h3-11,13,18H,1-2H3. The fourth-order valence-corrected chi connectivity index (χ4v) is 2.49. The van der Waals surface area contributed by atoms with Crippen LogP contribution in [0.15, 0.2) is 54.7 Å². The number of aryl methyl sites for hydroxylation is 1. The lowest BCUT2D eigenvalue weighted by Crippen LogP contribution is -1.94. The highest BCUT2D eigenvalue weighted by atomic mass is 14.7. The Morgan fingerprint density at radius 2 is 1.67 bits per heavy atom. The Morgan fingerprint density at radius 1 is 0.944 bits per heavy atom. The van der Waals surface area contributed by atoms with Gasteiger partial charge in [-0.05, 0) is 24.1 Å². The zero-order chi connectivity index (χ0) is 12.5. The normalized spacial score (nSPS) is 12.8. The van der Waals surface area contributed by atoms with Crippen molar-refractivity contribution in [3.63, 3.8) is 0 Å². The number of nitrogens with one attached hydrogen (secondary N) is 1. The summed E-state index contributed by atoms with van der Waals surface area (Å²) in [5.41, 5.74) is 5.26. The van der Waals surface area contributed by atoms with Crippen LogP contribution in [0.1, 0.15) is 29.5 Å². The van der Waals surface area contributed by atoms with Gasteiger partial charge >= 0.3 is 0 Å². The van der Waals surface area contributed by atoms with E-state index in [1.54, 1.807) is 0 Å². The molecule has 0 radical (unpaired) electrons. The summed E-state index contributed by atoms with van der Waals surface area (Å²) in [6.07, 6.45) is 2.13. The average Bonchev–Trinajstić information content (AvgIpc) is 2.82. The minimum absolute atomic E-state index is 0.418. The molecule has 0 saturated carbocycles. The predicted molar refractivity (Wildman–Crippen MR) is 77.0 cm³/mol. The minimum atomic E-state index is 0.418. The van der Waals surface area contributed by atoms with E-state index in [0.29, 0.717) is 5.92 Å². The molecule has 0 saturated heterocycles. The molecule has 1 heteroatoms. The molecule has 0 aliphatic carbocycles. The van der Waals surface area contributed by atoms with Gasteiger partial charge in [0.1, 0.15) is 0 Å². The van der Waals surface area contributed by atoms with Gasteiger partial charge < -0.3 is 4.98 Å². The van der Waals surface area contributed by atoms with Crippen LogP contribution >= 0.6 is 0 Å². The van der Waals surface area contributed by atoms with Crippen LogP contribution in [0.4, 0.5) is 0 Å². The molecule has 90 valence electrons. The molecule has 0 fully saturated rings. The number of fused-ring (bicyclic) bond motifs is 1. The van der Waals surface area contributed by atoms with E-state index in [9.17, 15) is 0 Å². The van der Waals surface area contributed by atoms with Gasteiger partial charge in [-0.3, -0.25) is 0 Å². The minimum Gasteiger partial charge on any atom is -0.361 e. The van der Waals surface area contributed by atoms with E-state index in [1.165, 1.54) is 27.6 Å². The molecule has 18 heavy (non-hydrogen) atoms. The molecule has 0 amide bonds. The van der Waals surface area contributed by atoms with Gasteiger partial charge in [0.2, 0.25) is 0 Å². The van der Waals surface area contributed by atoms with Crippen molar-refractivity contribution in [1.29, 1.82) is 0 Å². The highest BCUT2D eigenvalue weighted by Crippen LogP contribution is 2.30. The van der Waals surface area contributed by atoms with Crippen molar-refractivity contribution in [3.8, 4) is 0 Å². The third-order valence-electron chi connectivity index (χ3n) is 3.67. The molecule has 1 heterocycles. The SMILES string of the molecule is Cc1ccc(C(C)c2c[nH]c3ccccc23)cc1. The Kier molecular flexibility index (Phi) is 2.67. The number of rotatable bonds is 2. The Labute approximate surface area is 107 Å². The van der Waals surface area contributed by atoms with E-state index in [-0.39, 0.29) is 0 Å². The van der Waals surface area contributed by atoms with Crippen molar-refractivity contribution in [3.05, 3.63) is 71.4 Å². The Balaban J connectivity index is 2.06. The van der Waals surface area contributed by atoms with Gasteiger partial charge in [0.15, 0.2) is 0 Å². The summed E-state index contributed by atoms with van der Waals surface area (Å²) in [5, 5.41) is 1.32. The van der Waals surface area contributed by atoms with Gasteiger partial charge in [0.05, 0.1) is 0 Å². The molecule has 1 unspecified atom stereocenters. The molecular formula is C17H17N. The molecule has 1 aromatic heterocycles. The van der Waals surface area contributed by atoms with Gasteiger partial charge in [-0.1, -0.05) is 55.0 Å². The molecule has 1 nitrogen and oxygen atoms in total. The molecule has 0 bridgehead atoms. The third kappa shape index (κ3) is 1.82. The molecule has 2 aromatic carbocycles. The van der Waals surface area contributed by atoms with Crippen LogP contribution in [0.3, 0.4) is 0 Å². The average molecular weight is 235 g/mol. The molecule has 1 N–H and O–H groups in total. The quantitative estimate of drug-likeness (QED) is 0.666. The summed E-state index contributed by atoms with van der Waals surface area (Å²) < 4.78 is 0. The van der Waals surface area contributed by atoms with Crippen LogP contribution in [-0.2, 0) is 0 Å². The van der Waals surface area contributed by atoms with Crippen molar-refractivity contribution in [2.45, 2.75) is 19.8 Å². The third-order valence-corrected chi connectivity index (χ3v) is 3.67. The Bertz CT molecular complexity index is 661. The molecule has 3 rings (SSSR count).